The van der Waals surface area contributed by atoms with Crippen molar-refractivity contribution in [2.24, 2.45) is 0 Å². The number of likely N-dealkylation sites (tertiary alicyclic amines) is 1. The van der Waals surface area contributed by atoms with Crippen LogP contribution in [-0.2, 0) is 16.2 Å². The fraction of sp³-hybridized carbons (Fsp3) is 0.267. The van der Waals surface area contributed by atoms with E-state index in [9.17, 15) is 24.8 Å². The molecule has 1 amide bonds. The Labute approximate surface area is 227 Å². The summed E-state index contributed by atoms with van der Waals surface area (Å²) in [5.41, 5.74) is 2.49. The molecule has 0 spiro atoms. The summed E-state index contributed by atoms with van der Waals surface area (Å²) in [6, 6.07) is 19.6. The van der Waals surface area contributed by atoms with Gasteiger partial charge in [-0.05, 0) is 81.0 Å². The van der Waals surface area contributed by atoms with Crippen LogP contribution in [0.4, 0.5) is 5.69 Å². The first kappa shape index (κ1) is 27.5. The number of nitro benzene ring substituents is 1. The van der Waals surface area contributed by atoms with Gasteiger partial charge in [-0.15, -0.1) is 0 Å². The molecule has 0 radical (unpaired) electrons. The summed E-state index contributed by atoms with van der Waals surface area (Å²) >= 11 is 0. The van der Waals surface area contributed by atoms with E-state index in [-0.39, 0.29) is 23.6 Å². The number of carbonyl (C=O) groups is 2. The van der Waals surface area contributed by atoms with Gasteiger partial charge in [0.2, 0.25) is 0 Å². The summed E-state index contributed by atoms with van der Waals surface area (Å²) in [7, 11) is 3.83. The van der Waals surface area contributed by atoms with Gasteiger partial charge in [0.25, 0.3) is 17.4 Å². The maximum absolute atomic E-state index is 13.2. The maximum Gasteiger partial charge on any atom is 0.295 e. The molecule has 1 atom stereocenters. The van der Waals surface area contributed by atoms with Gasteiger partial charge in [-0.2, -0.15) is 0 Å². The van der Waals surface area contributed by atoms with Crippen LogP contribution in [-0.4, -0.2) is 58.7 Å². The zero-order valence-electron chi connectivity index (χ0n) is 22.2. The summed E-state index contributed by atoms with van der Waals surface area (Å²) in [6.07, 6.45) is 0.607. The van der Waals surface area contributed by atoms with Crippen LogP contribution >= 0.6 is 0 Å². The van der Waals surface area contributed by atoms with Crippen molar-refractivity contribution in [1.29, 1.82) is 0 Å². The van der Waals surface area contributed by atoms with Crippen molar-refractivity contribution in [2.45, 2.75) is 26.0 Å². The molecule has 1 N–H and O–H groups in total. The molecule has 202 valence electrons. The Hall–Kier alpha value is -4.50. The largest absolute Gasteiger partial charge is 0.507 e. The number of aliphatic hydroxyl groups is 1. The highest BCUT2D eigenvalue weighted by atomic mass is 16.6. The number of non-ortho nitro benzene ring substituents is 1. The molecular formula is C30H31N3O6. The molecule has 39 heavy (non-hydrogen) atoms. The minimum atomic E-state index is -0.873. The van der Waals surface area contributed by atoms with Crippen LogP contribution in [0.3, 0.4) is 0 Å². The van der Waals surface area contributed by atoms with Gasteiger partial charge in [0.1, 0.15) is 18.1 Å². The molecule has 1 aliphatic rings. The van der Waals surface area contributed by atoms with E-state index >= 15 is 0 Å². The van der Waals surface area contributed by atoms with Crippen LogP contribution in [0.25, 0.3) is 5.76 Å². The molecule has 0 aromatic heterocycles. The molecule has 0 unspecified atom stereocenters. The summed E-state index contributed by atoms with van der Waals surface area (Å²) in [4.78, 5) is 40.4. The van der Waals surface area contributed by atoms with Crippen molar-refractivity contribution in [1.82, 2.24) is 9.80 Å². The molecule has 0 bridgehead atoms. The summed E-state index contributed by atoms with van der Waals surface area (Å²) < 4.78 is 5.94. The molecule has 9 nitrogen and oxygen atoms in total. The SMILES string of the molecule is Cc1cc(/C(O)=C2\C(=O)C(=O)N(CCCN(C)C)[C@@H]2c2ccc([N+](=O)[O-])cc2)ccc1OCc1ccccc1. The van der Waals surface area contributed by atoms with Crippen LogP contribution in [0.5, 0.6) is 5.75 Å². The van der Waals surface area contributed by atoms with Gasteiger partial charge in [-0.25, -0.2) is 0 Å². The molecule has 9 heteroatoms. The fourth-order valence-electron chi connectivity index (χ4n) is 4.64. The number of hydrogen-bond donors (Lipinski definition) is 1. The highest BCUT2D eigenvalue weighted by Crippen LogP contribution is 2.40. The van der Waals surface area contributed by atoms with Gasteiger partial charge in [-0.3, -0.25) is 19.7 Å². The van der Waals surface area contributed by atoms with Gasteiger partial charge in [-0.1, -0.05) is 30.3 Å². The topological polar surface area (TPSA) is 113 Å². The number of carbonyl (C=O) groups excluding carboxylic acids is 2. The van der Waals surface area contributed by atoms with E-state index in [0.29, 0.717) is 36.4 Å². The van der Waals surface area contributed by atoms with Crippen LogP contribution in [0.15, 0.2) is 78.4 Å². The van der Waals surface area contributed by atoms with Crippen LogP contribution in [0.2, 0.25) is 0 Å². The monoisotopic (exact) mass is 529 g/mol. The van der Waals surface area contributed by atoms with Crippen LogP contribution in [0, 0.1) is 17.0 Å². The maximum atomic E-state index is 13.2. The van der Waals surface area contributed by atoms with Crippen molar-refractivity contribution >= 4 is 23.1 Å². The molecule has 3 aromatic carbocycles. The first-order chi connectivity index (χ1) is 18.7. The summed E-state index contributed by atoms with van der Waals surface area (Å²) in [5, 5.41) is 22.5. The van der Waals surface area contributed by atoms with Gasteiger partial charge >= 0.3 is 0 Å². The minimum absolute atomic E-state index is 0.0453. The Morgan fingerprint density at radius 1 is 1.05 bits per heavy atom. The normalized spacial score (nSPS) is 16.6. The van der Waals surface area contributed by atoms with E-state index < -0.39 is 22.7 Å². The number of aliphatic hydroxyl groups excluding tert-OH is 1. The molecule has 3 aromatic rings. The first-order valence-corrected chi connectivity index (χ1v) is 12.6. The number of nitrogens with zero attached hydrogens (tertiary/aromatic N) is 3. The van der Waals surface area contributed by atoms with Gasteiger partial charge in [0, 0.05) is 24.2 Å². The average Bonchev–Trinajstić information content (AvgIpc) is 3.17. The lowest BCUT2D eigenvalue weighted by Crippen LogP contribution is -2.32. The van der Waals surface area contributed by atoms with Crippen LogP contribution in [0.1, 0.15) is 34.7 Å². The van der Waals surface area contributed by atoms with Crippen molar-refractivity contribution in [3.63, 3.8) is 0 Å². The number of nitro groups is 1. The summed E-state index contributed by atoms with van der Waals surface area (Å²) in [6.45, 7) is 3.20. The molecule has 0 saturated carbocycles. The quantitative estimate of drug-likeness (QED) is 0.131. The van der Waals surface area contributed by atoms with E-state index in [2.05, 4.69) is 0 Å². The fourth-order valence-corrected chi connectivity index (χ4v) is 4.64. The molecule has 4 rings (SSSR count). The molecule has 1 aliphatic heterocycles. The highest BCUT2D eigenvalue weighted by Gasteiger charge is 2.45. The Bertz CT molecular complexity index is 1400. The number of amides is 1. The predicted octanol–water partition coefficient (Wildman–Crippen LogP) is 4.86. The predicted molar refractivity (Wildman–Crippen MR) is 147 cm³/mol. The average molecular weight is 530 g/mol. The van der Waals surface area contributed by atoms with E-state index in [4.69, 9.17) is 4.74 Å². The molecule has 1 heterocycles. The molecule has 0 aliphatic carbocycles. The standard InChI is InChI=1S/C30H31N3O6/c1-20-18-23(12-15-25(20)39-19-21-8-5-4-6-9-21)28(34)26-27(22-10-13-24(14-11-22)33(37)38)32(30(36)29(26)35)17-7-16-31(2)3/h4-6,8-15,18,27,34H,7,16-17,19H2,1-3H3/b28-26+/t27-/m1/s1. The van der Waals surface area contributed by atoms with Gasteiger partial charge in [0.15, 0.2) is 0 Å². The summed E-state index contributed by atoms with van der Waals surface area (Å²) in [5.74, 6) is -1.17. The van der Waals surface area contributed by atoms with Crippen molar-refractivity contribution < 1.29 is 24.4 Å². The minimum Gasteiger partial charge on any atom is -0.507 e. The van der Waals surface area contributed by atoms with Crippen molar-refractivity contribution in [3.8, 4) is 5.75 Å². The van der Waals surface area contributed by atoms with E-state index in [0.717, 1.165) is 11.1 Å². The molecule has 1 fully saturated rings. The smallest absolute Gasteiger partial charge is 0.295 e. The lowest BCUT2D eigenvalue weighted by Gasteiger charge is -2.26. The third kappa shape index (κ3) is 6.15. The Morgan fingerprint density at radius 2 is 1.74 bits per heavy atom. The number of rotatable bonds is 10. The van der Waals surface area contributed by atoms with Gasteiger partial charge in [0.05, 0.1) is 16.5 Å². The third-order valence-electron chi connectivity index (χ3n) is 6.65. The zero-order chi connectivity index (χ0) is 28.1. The third-order valence-corrected chi connectivity index (χ3v) is 6.65. The Balaban J connectivity index is 1.69. The van der Waals surface area contributed by atoms with E-state index in [1.54, 1.807) is 18.2 Å². The number of aryl methyl sites for hydroxylation is 1. The number of ether oxygens (including phenoxy) is 1. The number of ketones is 1. The van der Waals surface area contributed by atoms with Gasteiger partial charge < -0.3 is 19.6 Å². The Kier molecular flexibility index (Phi) is 8.41. The Morgan fingerprint density at radius 3 is 2.36 bits per heavy atom. The second kappa shape index (κ2) is 11.9. The van der Waals surface area contributed by atoms with Crippen molar-refractivity contribution in [3.05, 3.63) is 111 Å². The van der Waals surface area contributed by atoms with Crippen LogP contribution < -0.4 is 4.74 Å². The highest BCUT2D eigenvalue weighted by molar-refractivity contribution is 6.46. The second-order valence-electron chi connectivity index (χ2n) is 9.75. The van der Waals surface area contributed by atoms with Crippen molar-refractivity contribution in [2.75, 3.05) is 27.2 Å². The molecular weight excluding hydrogens is 498 g/mol. The number of hydrogen-bond acceptors (Lipinski definition) is 7. The zero-order valence-corrected chi connectivity index (χ0v) is 22.2. The number of Topliss-reactive ketones (excluding diaryl/α,β-unsaturated/α-hetero) is 1. The second-order valence-corrected chi connectivity index (χ2v) is 9.75. The van der Waals surface area contributed by atoms with E-state index in [1.165, 1.54) is 29.2 Å². The number of benzene rings is 3. The first-order valence-electron chi connectivity index (χ1n) is 12.6. The molecule has 1 saturated heterocycles. The lowest BCUT2D eigenvalue weighted by atomic mass is 9.94. The lowest BCUT2D eigenvalue weighted by molar-refractivity contribution is -0.384. The van der Waals surface area contributed by atoms with E-state index in [1.807, 2.05) is 56.3 Å².